The summed E-state index contributed by atoms with van der Waals surface area (Å²) in [5.74, 6) is 1.36. The molecule has 0 aliphatic heterocycles. The third kappa shape index (κ3) is 5.54. The fourth-order valence-electron chi connectivity index (χ4n) is 2.71. The van der Waals surface area contributed by atoms with Gasteiger partial charge in [0.25, 0.3) is 0 Å². The van der Waals surface area contributed by atoms with Crippen molar-refractivity contribution in [1.82, 2.24) is 15.0 Å². The van der Waals surface area contributed by atoms with E-state index in [0.29, 0.717) is 17.1 Å². The molecule has 0 aliphatic rings. The molecule has 0 saturated heterocycles. The van der Waals surface area contributed by atoms with E-state index in [9.17, 15) is 4.79 Å². The van der Waals surface area contributed by atoms with Crippen LogP contribution in [0.3, 0.4) is 0 Å². The zero-order valence-electron chi connectivity index (χ0n) is 16.4. The average Bonchev–Trinajstić information content (AvgIpc) is 2.79. The van der Waals surface area contributed by atoms with E-state index in [-0.39, 0.29) is 24.3 Å². The summed E-state index contributed by atoms with van der Waals surface area (Å²) in [7, 11) is 0. The topological polar surface area (TPSA) is 112 Å². The second kappa shape index (κ2) is 9.36. The normalized spacial score (nSPS) is 10.3. The third-order valence-electron chi connectivity index (χ3n) is 4.13. The molecule has 0 atom stereocenters. The molecular formula is C23H19N5O3. The number of hydrogen-bond donors (Lipinski definition) is 2. The van der Waals surface area contributed by atoms with Crippen LogP contribution in [-0.2, 0) is 11.3 Å². The van der Waals surface area contributed by atoms with Crippen LogP contribution in [0.2, 0.25) is 0 Å². The van der Waals surface area contributed by atoms with Gasteiger partial charge in [-0.15, -0.1) is 0 Å². The Kier molecular flexibility index (Phi) is 5.99. The Morgan fingerprint density at radius 2 is 1.45 bits per heavy atom. The third-order valence-corrected chi connectivity index (χ3v) is 4.13. The minimum absolute atomic E-state index is 0.0295. The molecule has 154 valence electrons. The molecule has 1 heterocycles. The maximum absolute atomic E-state index is 12.4. The van der Waals surface area contributed by atoms with Crippen molar-refractivity contribution < 1.29 is 14.3 Å². The van der Waals surface area contributed by atoms with Crippen molar-refractivity contribution in [3.05, 3.63) is 96.3 Å². The summed E-state index contributed by atoms with van der Waals surface area (Å²) >= 11 is 0. The molecule has 0 fully saturated rings. The lowest BCUT2D eigenvalue weighted by molar-refractivity contribution is 0.0462. The molecule has 3 N–H and O–H groups in total. The van der Waals surface area contributed by atoms with Crippen LogP contribution >= 0.6 is 0 Å². The fourth-order valence-corrected chi connectivity index (χ4v) is 2.71. The lowest BCUT2D eigenvalue weighted by Crippen LogP contribution is -2.11. The molecule has 8 heteroatoms. The van der Waals surface area contributed by atoms with Gasteiger partial charge in [0, 0.05) is 5.69 Å². The minimum Gasteiger partial charge on any atom is -0.457 e. The van der Waals surface area contributed by atoms with Crippen molar-refractivity contribution in [3.63, 3.8) is 0 Å². The van der Waals surface area contributed by atoms with Gasteiger partial charge in [-0.3, -0.25) is 0 Å². The van der Waals surface area contributed by atoms with E-state index < -0.39 is 5.97 Å². The van der Waals surface area contributed by atoms with Crippen LogP contribution in [0.25, 0.3) is 0 Å². The van der Waals surface area contributed by atoms with Gasteiger partial charge in [-0.1, -0.05) is 36.4 Å². The van der Waals surface area contributed by atoms with Gasteiger partial charge in [-0.25, -0.2) is 4.79 Å². The molecular weight excluding hydrogens is 394 g/mol. The number of benzene rings is 3. The number of hydrogen-bond acceptors (Lipinski definition) is 8. The number of nitrogens with two attached hydrogens (primary N) is 1. The smallest absolute Gasteiger partial charge is 0.338 e. The number of carbonyl (C=O) groups excluding carboxylic acids is 1. The Labute approximate surface area is 178 Å². The molecule has 4 rings (SSSR count). The number of rotatable bonds is 7. The van der Waals surface area contributed by atoms with Crippen molar-refractivity contribution in [3.8, 4) is 11.5 Å². The maximum atomic E-state index is 12.4. The summed E-state index contributed by atoms with van der Waals surface area (Å²) in [6.45, 7) is -0.142. The second-order valence-electron chi connectivity index (χ2n) is 6.44. The van der Waals surface area contributed by atoms with Crippen molar-refractivity contribution in [2.75, 3.05) is 11.1 Å². The van der Waals surface area contributed by atoms with Crippen molar-refractivity contribution in [1.29, 1.82) is 0 Å². The van der Waals surface area contributed by atoms with Crippen molar-refractivity contribution in [2.45, 2.75) is 6.61 Å². The highest BCUT2D eigenvalue weighted by atomic mass is 16.5. The molecule has 4 aromatic rings. The van der Waals surface area contributed by atoms with E-state index in [1.807, 2.05) is 60.7 Å². The number of aromatic nitrogens is 3. The highest BCUT2D eigenvalue weighted by Gasteiger charge is 2.11. The first-order chi connectivity index (χ1) is 15.2. The Bertz CT molecular complexity index is 1150. The first kappa shape index (κ1) is 19.8. The summed E-state index contributed by atoms with van der Waals surface area (Å²) in [6, 6.07) is 25.4. The summed E-state index contributed by atoms with van der Waals surface area (Å²) in [6.07, 6.45) is 0. The Morgan fingerprint density at radius 3 is 2.16 bits per heavy atom. The predicted octanol–water partition coefficient (Wildman–Crippen LogP) is 4.35. The molecule has 0 bridgehead atoms. The van der Waals surface area contributed by atoms with Gasteiger partial charge >= 0.3 is 5.97 Å². The van der Waals surface area contributed by atoms with Gasteiger partial charge in [-0.05, 0) is 48.5 Å². The fraction of sp³-hybridized carbons (Fsp3) is 0.0435. The first-order valence-corrected chi connectivity index (χ1v) is 9.48. The second-order valence-corrected chi connectivity index (χ2v) is 6.44. The molecule has 0 radical (unpaired) electrons. The lowest BCUT2D eigenvalue weighted by Gasteiger charge is -2.09. The highest BCUT2D eigenvalue weighted by Crippen LogP contribution is 2.21. The van der Waals surface area contributed by atoms with E-state index in [0.717, 1.165) is 5.69 Å². The first-order valence-electron chi connectivity index (χ1n) is 9.48. The predicted molar refractivity (Wildman–Crippen MR) is 116 cm³/mol. The van der Waals surface area contributed by atoms with E-state index in [2.05, 4.69) is 20.3 Å². The molecule has 3 aromatic carbocycles. The number of esters is 1. The van der Waals surface area contributed by atoms with Gasteiger partial charge in [0.15, 0.2) is 12.4 Å². The van der Waals surface area contributed by atoms with Crippen LogP contribution in [0.5, 0.6) is 11.5 Å². The van der Waals surface area contributed by atoms with Gasteiger partial charge in [0.05, 0.1) is 5.56 Å². The SMILES string of the molecule is Nc1nc(COC(=O)c2ccc(Oc3ccccc3)cc2)nc(Nc2ccccc2)n1. The van der Waals surface area contributed by atoms with E-state index in [1.165, 1.54) is 0 Å². The van der Waals surface area contributed by atoms with Crippen molar-refractivity contribution >= 4 is 23.6 Å². The van der Waals surface area contributed by atoms with Crippen LogP contribution < -0.4 is 15.8 Å². The van der Waals surface area contributed by atoms with Crippen LogP contribution in [0.4, 0.5) is 17.6 Å². The number of anilines is 3. The Morgan fingerprint density at radius 1 is 0.806 bits per heavy atom. The Hall–Kier alpha value is -4.46. The highest BCUT2D eigenvalue weighted by molar-refractivity contribution is 5.89. The van der Waals surface area contributed by atoms with E-state index >= 15 is 0 Å². The zero-order chi connectivity index (χ0) is 21.5. The number of ether oxygens (including phenoxy) is 2. The quantitative estimate of drug-likeness (QED) is 0.430. The summed E-state index contributed by atoms with van der Waals surface area (Å²) in [4.78, 5) is 24.7. The van der Waals surface area contributed by atoms with Gasteiger partial charge in [0.2, 0.25) is 11.9 Å². The van der Waals surface area contributed by atoms with Crippen LogP contribution in [0.1, 0.15) is 16.2 Å². The van der Waals surface area contributed by atoms with E-state index in [1.54, 1.807) is 24.3 Å². The van der Waals surface area contributed by atoms with Gasteiger partial charge in [-0.2, -0.15) is 15.0 Å². The standard InChI is InChI=1S/C23H19N5O3/c24-22-26-20(27-23(28-22)25-17-7-3-1-4-8-17)15-30-21(29)16-11-13-19(14-12-16)31-18-9-5-2-6-10-18/h1-14H,15H2,(H3,24,25,26,27,28). The van der Waals surface area contributed by atoms with Crippen LogP contribution in [0, 0.1) is 0 Å². The van der Waals surface area contributed by atoms with Crippen LogP contribution in [-0.4, -0.2) is 20.9 Å². The zero-order valence-corrected chi connectivity index (χ0v) is 16.4. The molecule has 31 heavy (non-hydrogen) atoms. The Balaban J connectivity index is 1.37. The number of nitrogen functional groups attached to an aromatic ring is 1. The van der Waals surface area contributed by atoms with Gasteiger partial charge < -0.3 is 20.5 Å². The average molecular weight is 413 g/mol. The molecule has 0 amide bonds. The molecule has 8 nitrogen and oxygen atoms in total. The number of carbonyl (C=O) groups is 1. The minimum atomic E-state index is -0.511. The molecule has 0 unspecified atom stereocenters. The lowest BCUT2D eigenvalue weighted by atomic mass is 10.2. The number of nitrogens with one attached hydrogen (secondary N) is 1. The number of nitrogens with zero attached hydrogens (tertiary/aromatic N) is 3. The van der Waals surface area contributed by atoms with Crippen molar-refractivity contribution in [2.24, 2.45) is 0 Å². The summed E-state index contributed by atoms with van der Waals surface area (Å²) in [5, 5.41) is 3.03. The van der Waals surface area contributed by atoms with E-state index in [4.69, 9.17) is 15.2 Å². The molecule has 0 spiro atoms. The monoisotopic (exact) mass is 413 g/mol. The van der Waals surface area contributed by atoms with Gasteiger partial charge in [0.1, 0.15) is 11.5 Å². The number of para-hydroxylation sites is 2. The molecule has 0 aliphatic carbocycles. The maximum Gasteiger partial charge on any atom is 0.338 e. The molecule has 0 saturated carbocycles. The largest absolute Gasteiger partial charge is 0.457 e. The summed E-state index contributed by atoms with van der Waals surface area (Å²) in [5.41, 5.74) is 6.93. The molecule has 1 aromatic heterocycles. The summed E-state index contributed by atoms with van der Waals surface area (Å²) < 4.78 is 11.0. The van der Waals surface area contributed by atoms with Crippen LogP contribution in [0.15, 0.2) is 84.9 Å².